The molecular formula is C19H26ClN5O3. The number of benzene rings is 1. The van der Waals surface area contributed by atoms with Gasteiger partial charge >= 0.3 is 5.97 Å². The van der Waals surface area contributed by atoms with Crippen LogP contribution in [0.3, 0.4) is 0 Å². The topological polar surface area (TPSA) is 112 Å². The second-order valence-electron chi connectivity index (χ2n) is 6.84. The van der Waals surface area contributed by atoms with Gasteiger partial charge in [-0.2, -0.15) is 5.10 Å². The molecule has 2 aromatic rings. The van der Waals surface area contributed by atoms with Gasteiger partial charge in [0.05, 0.1) is 13.2 Å². The van der Waals surface area contributed by atoms with E-state index in [4.69, 9.17) is 5.73 Å². The molecule has 0 unspecified atom stereocenters. The lowest BCUT2D eigenvalue weighted by Crippen LogP contribution is -2.34. The second-order valence-corrected chi connectivity index (χ2v) is 6.84. The van der Waals surface area contributed by atoms with E-state index in [-0.39, 0.29) is 37.4 Å². The highest BCUT2D eigenvalue weighted by molar-refractivity contribution is 5.85. The van der Waals surface area contributed by atoms with Crippen molar-refractivity contribution in [1.82, 2.24) is 20.1 Å². The van der Waals surface area contributed by atoms with Crippen LogP contribution in [0.2, 0.25) is 0 Å². The van der Waals surface area contributed by atoms with Crippen molar-refractivity contribution in [2.75, 3.05) is 13.7 Å². The zero-order chi connectivity index (χ0) is 19.2. The summed E-state index contributed by atoms with van der Waals surface area (Å²) in [6.45, 7) is -0.211. The molecule has 0 spiro atoms. The number of hydrogen-bond acceptors (Lipinski definition) is 6. The third-order valence-electron chi connectivity index (χ3n) is 4.49. The number of esters is 1. The molecule has 1 amide bonds. The molecule has 8 nitrogen and oxygen atoms in total. The highest BCUT2D eigenvalue weighted by atomic mass is 35.5. The normalized spacial score (nSPS) is 14.1. The summed E-state index contributed by atoms with van der Waals surface area (Å²) in [5.41, 5.74) is 7.47. The third kappa shape index (κ3) is 6.31. The summed E-state index contributed by atoms with van der Waals surface area (Å²) in [4.78, 5) is 28.0. The summed E-state index contributed by atoms with van der Waals surface area (Å²) in [5, 5.41) is 7.01. The number of methoxy groups -OCH3 is 1. The molecule has 3 rings (SSSR count). The summed E-state index contributed by atoms with van der Waals surface area (Å²) in [5.74, 6) is 1.10. The number of nitrogens with two attached hydrogens (primary N) is 1. The van der Waals surface area contributed by atoms with Gasteiger partial charge in [-0.1, -0.05) is 30.3 Å². The molecule has 0 bridgehead atoms. The number of nitrogens with zero attached hydrogens (tertiary/aromatic N) is 3. The number of nitrogens with one attached hydrogen (secondary N) is 1. The molecule has 3 N–H and O–H groups in total. The fourth-order valence-corrected chi connectivity index (χ4v) is 2.85. The standard InChI is InChI=1S/C19H25N5O3.ClH/c1-27-18(26)11-21-17(25)12-24-19(22-16(23-24)10-14-7-8-14)15(20)9-13-5-3-2-4-6-13;/h2-6,14-15H,7-12,20H2,1H3,(H,21,25);1H/t15-;/m1./s1. The van der Waals surface area contributed by atoms with Crippen LogP contribution in [0.1, 0.15) is 36.1 Å². The van der Waals surface area contributed by atoms with Crippen molar-refractivity contribution in [1.29, 1.82) is 0 Å². The predicted octanol–water partition coefficient (Wildman–Crippen LogP) is 1.18. The van der Waals surface area contributed by atoms with E-state index in [1.165, 1.54) is 20.0 Å². The Morgan fingerprint density at radius 1 is 1.32 bits per heavy atom. The van der Waals surface area contributed by atoms with Crippen molar-refractivity contribution in [3.05, 3.63) is 47.5 Å². The average molecular weight is 408 g/mol. The molecular weight excluding hydrogens is 382 g/mol. The van der Waals surface area contributed by atoms with Crippen LogP contribution >= 0.6 is 12.4 Å². The fraction of sp³-hybridized carbons (Fsp3) is 0.474. The van der Waals surface area contributed by atoms with Gasteiger partial charge in [0.15, 0.2) is 5.82 Å². The lowest BCUT2D eigenvalue weighted by atomic mass is 10.1. The van der Waals surface area contributed by atoms with Gasteiger partial charge in [-0.3, -0.25) is 9.59 Å². The molecule has 1 aromatic carbocycles. The Morgan fingerprint density at radius 2 is 2.04 bits per heavy atom. The molecule has 152 valence electrons. The van der Waals surface area contributed by atoms with Gasteiger partial charge in [-0.05, 0) is 30.7 Å². The fourth-order valence-electron chi connectivity index (χ4n) is 2.85. The summed E-state index contributed by atoms with van der Waals surface area (Å²) < 4.78 is 6.08. The molecule has 1 aliphatic carbocycles. The Morgan fingerprint density at radius 3 is 2.68 bits per heavy atom. The van der Waals surface area contributed by atoms with Crippen LogP contribution in [0.5, 0.6) is 0 Å². The Kier molecular flexibility index (Phi) is 7.95. The predicted molar refractivity (Wildman–Crippen MR) is 106 cm³/mol. The minimum atomic E-state index is -0.502. The van der Waals surface area contributed by atoms with Gasteiger partial charge in [-0.25, -0.2) is 9.67 Å². The molecule has 1 aromatic heterocycles. The number of ether oxygens (including phenoxy) is 1. The number of halogens is 1. The van der Waals surface area contributed by atoms with E-state index in [9.17, 15) is 9.59 Å². The van der Waals surface area contributed by atoms with Crippen molar-refractivity contribution in [3.63, 3.8) is 0 Å². The van der Waals surface area contributed by atoms with Crippen LogP contribution in [0, 0.1) is 5.92 Å². The van der Waals surface area contributed by atoms with Crippen LogP contribution in [0.4, 0.5) is 0 Å². The van der Waals surface area contributed by atoms with Gasteiger partial charge in [0, 0.05) is 6.42 Å². The van der Waals surface area contributed by atoms with Gasteiger partial charge in [0.2, 0.25) is 5.91 Å². The smallest absolute Gasteiger partial charge is 0.325 e. The van der Waals surface area contributed by atoms with E-state index in [1.54, 1.807) is 4.68 Å². The number of carbonyl (C=O) groups is 2. The van der Waals surface area contributed by atoms with Crippen LogP contribution in [0.25, 0.3) is 0 Å². The number of carbonyl (C=O) groups excluding carboxylic acids is 2. The number of amides is 1. The molecule has 1 aliphatic rings. The van der Waals surface area contributed by atoms with E-state index < -0.39 is 5.97 Å². The third-order valence-corrected chi connectivity index (χ3v) is 4.49. The molecule has 28 heavy (non-hydrogen) atoms. The average Bonchev–Trinajstić information content (AvgIpc) is 3.39. The Hall–Kier alpha value is -2.45. The largest absolute Gasteiger partial charge is 0.468 e. The summed E-state index contributed by atoms with van der Waals surface area (Å²) in [7, 11) is 1.27. The number of rotatable bonds is 9. The van der Waals surface area contributed by atoms with E-state index in [0.29, 0.717) is 18.2 Å². The van der Waals surface area contributed by atoms with Crippen LogP contribution in [-0.2, 0) is 33.7 Å². The first kappa shape index (κ1) is 21.8. The molecule has 1 atom stereocenters. The number of aromatic nitrogens is 3. The highest BCUT2D eigenvalue weighted by Crippen LogP contribution is 2.32. The molecule has 0 saturated heterocycles. The monoisotopic (exact) mass is 407 g/mol. The second kappa shape index (κ2) is 10.2. The minimum absolute atomic E-state index is 0. The van der Waals surface area contributed by atoms with E-state index in [1.807, 2.05) is 30.3 Å². The Balaban J connectivity index is 0.00000280. The summed E-state index contributed by atoms with van der Waals surface area (Å²) in [6.07, 6.45) is 3.80. The van der Waals surface area contributed by atoms with Crippen molar-refractivity contribution in [3.8, 4) is 0 Å². The van der Waals surface area contributed by atoms with Crippen molar-refractivity contribution in [2.24, 2.45) is 11.7 Å². The SMILES string of the molecule is COC(=O)CNC(=O)Cn1nc(CC2CC2)nc1[C@H](N)Cc1ccccc1.Cl. The quantitative estimate of drug-likeness (QED) is 0.604. The summed E-state index contributed by atoms with van der Waals surface area (Å²) >= 11 is 0. The molecule has 1 fully saturated rings. The molecule has 9 heteroatoms. The highest BCUT2D eigenvalue weighted by Gasteiger charge is 2.26. The first-order valence-electron chi connectivity index (χ1n) is 9.11. The van der Waals surface area contributed by atoms with Crippen molar-refractivity contribution >= 4 is 24.3 Å². The first-order valence-corrected chi connectivity index (χ1v) is 9.11. The molecule has 1 heterocycles. The Labute approximate surface area is 170 Å². The lowest BCUT2D eigenvalue weighted by molar-refractivity contribution is -0.141. The van der Waals surface area contributed by atoms with Gasteiger partial charge < -0.3 is 15.8 Å². The first-order chi connectivity index (χ1) is 13.0. The van der Waals surface area contributed by atoms with E-state index in [2.05, 4.69) is 20.1 Å². The van der Waals surface area contributed by atoms with Gasteiger partial charge in [0.1, 0.15) is 18.9 Å². The maximum Gasteiger partial charge on any atom is 0.325 e. The molecule has 0 aliphatic heterocycles. The van der Waals surface area contributed by atoms with Crippen LogP contribution < -0.4 is 11.1 Å². The maximum atomic E-state index is 12.2. The van der Waals surface area contributed by atoms with Crippen LogP contribution in [-0.4, -0.2) is 40.3 Å². The molecule has 0 radical (unpaired) electrons. The Bertz CT molecular complexity index is 792. The zero-order valence-corrected chi connectivity index (χ0v) is 16.7. The van der Waals surface area contributed by atoms with Gasteiger partial charge in [0.25, 0.3) is 0 Å². The molecule has 1 saturated carbocycles. The van der Waals surface area contributed by atoms with Crippen molar-refractivity contribution in [2.45, 2.75) is 38.3 Å². The summed E-state index contributed by atoms with van der Waals surface area (Å²) in [6, 6.07) is 9.53. The van der Waals surface area contributed by atoms with Crippen LogP contribution in [0.15, 0.2) is 30.3 Å². The van der Waals surface area contributed by atoms with E-state index in [0.717, 1.165) is 17.8 Å². The van der Waals surface area contributed by atoms with E-state index >= 15 is 0 Å². The zero-order valence-electron chi connectivity index (χ0n) is 15.8. The van der Waals surface area contributed by atoms with Crippen molar-refractivity contribution < 1.29 is 14.3 Å². The lowest BCUT2D eigenvalue weighted by Gasteiger charge is -2.13. The minimum Gasteiger partial charge on any atom is -0.468 e. The van der Waals surface area contributed by atoms with Gasteiger partial charge in [-0.15, -0.1) is 12.4 Å². The maximum absolute atomic E-state index is 12.2. The number of hydrogen-bond donors (Lipinski definition) is 2.